The zero-order chi connectivity index (χ0) is 24.8. The molecular weight excluding hydrogens is 484 g/mol. The summed E-state index contributed by atoms with van der Waals surface area (Å²) in [6, 6.07) is 10.3. The van der Waals surface area contributed by atoms with Crippen LogP contribution in [-0.4, -0.2) is 33.3 Å². The van der Waals surface area contributed by atoms with E-state index in [0.717, 1.165) is 40.8 Å². The summed E-state index contributed by atoms with van der Waals surface area (Å²) in [4.78, 5) is 28.3. The number of fused-ring (bicyclic) bond motifs is 4. The SMILES string of the molecule is O=C1c2c(O)c(=O)ccn2N[C@@H]2C(c3cccc4c3Cc3ccc(F)c(F)c3CS4)C3(CCN12)CC3. The molecule has 1 saturated heterocycles. The van der Waals surface area contributed by atoms with Crippen molar-refractivity contribution in [2.75, 3.05) is 12.0 Å². The minimum absolute atomic E-state index is 0.0349. The lowest BCUT2D eigenvalue weighted by Gasteiger charge is -2.50. The Morgan fingerprint density at radius 1 is 1.06 bits per heavy atom. The summed E-state index contributed by atoms with van der Waals surface area (Å²) in [6.45, 7) is 0.534. The molecule has 2 N–H and O–H groups in total. The van der Waals surface area contributed by atoms with Crippen molar-refractivity contribution in [2.45, 2.75) is 48.4 Å². The van der Waals surface area contributed by atoms with Crippen molar-refractivity contribution in [3.8, 4) is 5.75 Å². The summed E-state index contributed by atoms with van der Waals surface area (Å²) >= 11 is 1.52. The van der Waals surface area contributed by atoms with Crippen molar-refractivity contribution in [3.05, 3.63) is 92.4 Å². The van der Waals surface area contributed by atoms with Gasteiger partial charge in [-0.3, -0.25) is 14.3 Å². The van der Waals surface area contributed by atoms with Crippen LogP contribution in [0.3, 0.4) is 0 Å². The summed E-state index contributed by atoms with van der Waals surface area (Å²) < 4.78 is 30.1. The zero-order valence-electron chi connectivity index (χ0n) is 19.3. The van der Waals surface area contributed by atoms with E-state index in [1.54, 1.807) is 11.0 Å². The maximum absolute atomic E-state index is 14.7. The van der Waals surface area contributed by atoms with Gasteiger partial charge in [-0.1, -0.05) is 18.2 Å². The number of amides is 1. The minimum Gasteiger partial charge on any atom is -0.502 e. The van der Waals surface area contributed by atoms with E-state index in [9.17, 15) is 23.5 Å². The number of aromatic nitrogens is 1. The molecule has 7 rings (SSSR count). The first-order valence-corrected chi connectivity index (χ1v) is 13.1. The Morgan fingerprint density at radius 3 is 2.69 bits per heavy atom. The molecule has 0 radical (unpaired) electrons. The lowest BCUT2D eigenvalue weighted by molar-refractivity contribution is 0.0401. The van der Waals surface area contributed by atoms with Crippen LogP contribution in [0.4, 0.5) is 8.78 Å². The number of hydrogen-bond donors (Lipinski definition) is 2. The monoisotopic (exact) mass is 507 g/mol. The van der Waals surface area contributed by atoms with Gasteiger partial charge in [0, 0.05) is 40.9 Å². The first-order chi connectivity index (χ1) is 17.4. The summed E-state index contributed by atoms with van der Waals surface area (Å²) in [5, 5.41) is 10.3. The number of aromatic hydroxyl groups is 1. The Bertz CT molecular complexity index is 1520. The summed E-state index contributed by atoms with van der Waals surface area (Å²) in [5.41, 5.74) is 6.21. The molecule has 4 aliphatic rings. The fourth-order valence-corrected chi connectivity index (χ4v) is 7.51. The van der Waals surface area contributed by atoms with E-state index in [2.05, 4.69) is 11.5 Å². The molecule has 1 amide bonds. The lowest BCUT2D eigenvalue weighted by Crippen LogP contribution is -2.61. The summed E-state index contributed by atoms with van der Waals surface area (Å²) in [5.74, 6) is -2.20. The van der Waals surface area contributed by atoms with Gasteiger partial charge >= 0.3 is 0 Å². The molecule has 36 heavy (non-hydrogen) atoms. The first kappa shape index (κ1) is 21.9. The Morgan fingerprint density at radius 2 is 1.89 bits per heavy atom. The van der Waals surface area contributed by atoms with Crippen LogP contribution in [-0.2, 0) is 12.2 Å². The van der Waals surface area contributed by atoms with Crippen LogP contribution in [0.5, 0.6) is 5.75 Å². The molecule has 1 aromatic heterocycles. The highest BCUT2D eigenvalue weighted by Gasteiger charge is 2.59. The van der Waals surface area contributed by atoms with Gasteiger partial charge < -0.3 is 15.4 Å². The maximum Gasteiger partial charge on any atom is 0.278 e. The number of pyridine rings is 1. The molecule has 2 aromatic carbocycles. The number of piperidine rings is 1. The third-order valence-corrected chi connectivity index (χ3v) is 9.53. The molecule has 2 atom stereocenters. The Kier molecular flexibility index (Phi) is 4.62. The van der Waals surface area contributed by atoms with Crippen molar-refractivity contribution in [2.24, 2.45) is 5.41 Å². The molecule has 184 valence electrons. The molecule has 1 saturated carbocycles. The Hall–Kier alpha value is -3.33. The topological polar surface area (TPSA) is 74.6 Å². The average Bonchev–Trinajstić information content (AvgIpc) is 3.66. The fourth-order valence-electron chi connectivity index (χ4n) is 6.36. The van der Waals surface area contributed by atoms with Crippen LogP contribution in [0.1, 0.15) is 57.9 Å². The van der Waals surface area contributed by atoms with Gasteiger partial charge in [-0.15, -0.1) is 11.8 Å². The second-order valence-electron chi connectivity index (χ2n) is 10.2. The highest BCUT2D eigenvalue weighted by atomic mass is 32.2. The predicted octanol–water partition coefficient (Wildman–Crippen LogP) is 4.32. The number of hydrogen-bond acceptors (Lipinski definition) is 5. The van der Waals surface area contributed by atoms with E-state index in [-0.39, 0.29) is 29.1 Å². The van der Waals surface area contributed by atoms with Gasteiger partial charge in [-0.25, -0.2) is 8.78 Å². The maximum atomic E-state index is 14.7. The van der Waals surface area contributed by atoms with Gasteiger partial charge in [0.1, 0.15) is 6.17 Å². The van der Waals surface area contributed by atoms with E-state index >= 15 is 0 Å². The van der Waals surface area contributed by atoms with Crippen LogP contribution in [0.15, 0.2) is 52.3 Å². The number of rotatable bonds is 1. The number of benzene rings is 2. The third kappa shape index (κ3) is 3.01. The highest BCUT2D eigenvalue weighted by Crippen LogP contribution is 2.63. The van der Waals surface area contributed by atoms with Crippen LogP contribution >= 0.6 is 11.8 Å². The highest BCUT2D eigenvalue weighted by molar-refractivity contribution is 7.98. The standard InChI is InChI=1S/C27H23F2N3O3S/c28-18-5-4-14-12-16-15(2-1-3-20(16)36-13-17(14)22(18)29)21-25-30-32-10-6-19(33)24(34)23(32)26(35)31(25)11-9-27(21)7-8-27/h1-6,10,21,25,30,34H,7-9,11-13H2/t21?,25-/m0/s1. The van der Waals surface area contributed by atoms with Gasteiger partial charge in [0.15, 0.2) is 23.1 Å². The van der Waals surface area contributed by atoms with Crippen LogP contribution in [0.25, 0.3) is 0 Å². The van der Waals surface area contributed by atoms with Gasteiger partial charge in [0.2, 0.25) is 5.43 Å². The van der Waals surface area contributed by atoms with E-state index in [4.69, 9.17) is 0 Å². The molecule has 3 aromatic rings. The summed E-state index contributed by atoms with van der Waals surface area (Å²) in [6.07, 6.45) is 4.54. The number of halogens is 2. The Balaban J connectivity index is 1.37. The second kappa shape index (κ2) is 7.59. The number of nitrogens with one attached hydrogen (secondary N) is 1. The van der Waals surface area contributed by atoms with Crippen molar-refractivity contribution in [1.29, 1.82) is 0 Å². The van der Waals surface area contributed by atoms with Gasteiger partial charge in [-0.05, 0) is 59.9 Å². The van der Waals surface area contributed by atoms with Crippen molar-refractivity contribution in [1.82, 2.24) is 9.58 Å². The number of carbonyl (C=O) groups excluding carboxylic acids is 1. The number of thioether (sulfide) groups is 1. The van der Waals surface area contributed by atoms with Crippen molar-refractivity contribution in [3.63, 3.8) is 0 Å². The summed E-state index contributed by atoms with van der Waals surface area (Å²) in [7, 11) is 0. The van der Waals surface area contributed by atoms with Crippen molar-refractivity contribution >= 4 is 17.7 Å². The fraction of sp³-hybridized carbons (Fsp3) is 0.333. The largest absolute Gasteiger partial charge is 0.502 e. The van der Waals surface area contributed by atoms with Crippen LogP contribution in [0.2, 0.25) is 0 Å². The normalized spacial score (nSPS) is 23.2. The lowest BCUT2D eigenvalue weighted by atomic mass is 9.73. The molecule has 1 aliphatic carbocycles. The zero-order valence-corrected chi connectivity index (χ0v) is 20.1. The van der Waals surface area contributed by atoms with E-state index in [0.29, 0.717) is 24.3 Å². The van der Waals surface area contributed by atoms with Crippen LogP contribution in [0, 0.1) is 17.0 Å². The first-order valence-electron chi connectivity index (χ1n) is 12.1. The van der Waals surface area contributed by atoms with Gasteiger partial charge in [0.25, 0.3) is 5.91 Å². The van der Waals surface area contributed by atoms with E-state index in [1.807, 2.05) is 12.1 Å². The third-order valence-electron chi connectivity index (χ3n) is 8.40. The predicted molar refractivity (Wildman–Crippen MR) is 131 cm³/mol. The molecule has 1 unspecified atom stereocenters. The van der Waals surface area contributed by atoms with E-state index < -0.39 is 22.8 Å². The molecule has 1 spiro atoms. The molecular formula is C27H23F2N3O3S. The average molecular weight is 508 g/mol. The minimum atomic E-state index is -0.828. The molecule has 4 heterocycles. The Labute approximate surface area is 209 Å². The molecule has 6 nitrogen and oxygen atoms in total. The smallest absolute Gasteiger partial charge is 0.278 e. The number of nitrogens with zero attached hydrogens (tertiary/aromatic N) is 2. The second-order valence-corrected chi connectivity index (χ2v) is 11.2. The van der Waals surface area contributed by atoms with Gasteiger partial charge in [-0.2, -0.15) is 0 Å². The molecule has 3 aliphatic heterocycles. The molecule has 2 fully saturated rings. The quantitative estimate of drug-likeness (QED) is 0.513. The van der Waals surface area contributed by atoms with Crippen LogP contribution < -0.4 is 10.9 Å². The van der Waals surface area contributed by atoms with Gasteiger partial charge in [0.05, 0.1) is 0 Å². The van der Waals surface area contributed by atoms with E-state index in [1.165, 1.54) is 34.8 Å². The van der Waals surface area contributed by atoms with Crippen molar-refractivity contribution < 1.29 is 18.7 Å². The number of carbonyl (C=O) groups is 1. The molecule has 0 bridgehead atoms. The molecule has 9 heteroatoms.